The summed E-state index contributed by atoms with van der Waals surface area (Å²) < 4.78 is 2.07. The Bertz CT molecular complexity index is 889. The lowest BCUT2D eigenvalue weighted by molar-refractivity contribution is -0.121. The van der Waals surface area contributed by atoms with Crippen LogP contribution < -0.4 is 5.32 Å². The summed E-state index contributed by atoms with van der Waals surface area (Å²) in [6.45, 7) is 0.398. The number of amides is 1. The van der Waals surface area contributed by atoms with Gasteiger partial charge in [0.1, 0.15) is 5.82 Å². The third kappa shape index (κ3) is 3.49. The molecule has 3 heterocycles. The summed E-state index contributed by atoms with van der Waals surface area (Å²) in [6.07, 6.45) is 4.38. The minimum atomic E-state index is 0.00496. The Balaban J connectivity index is 1.43. The largest absolute Gasteiger partial charge is 0.349 e. The fourth-order valence-corrected chi connectivity index (χ4v) is 3.64. The predicted molar refractivity (Wildman–Crippen MR) is 99.4 cm³/mol. The van der Waals surface area contributed by atoms with Gasteiger partial charge in [-0.2, -0.15) is 11.3 Å². The van der Waals surface area contributed by atoms with E-state index in [0.717, 1.165) is 22.4 Å². The number of carbonyl (C=O) groups is 1. The molecule has 0 aliphatic carbocycles. The highest BCUT2D eigenvalue weighted by Gasteiger charge is 2.18. The average molecular weight is 350 g/mol. The zero-order valence-corrected chi connectivity index (χ0v) is 14.4. The van der Waals surface area contributed by atoms with E-state index in [1.807, 2.05) is 54.2 Å². The molecular formula is C19H18N4OS. The van der Waals surface area contributed by atoms with Crippen molar-refractivity contribution in [2.24, 2.45) is 0 Å². The van der Waals surface area contributed by atoms with E-state index in [-0.39, 0.29) is 11.9 Å². The number of H-pyrrole nitrogens is 1. The molecule has 0 spiro atoms. The van der Waals surface area contributed by atoms with Crippen LogP contribution in [0.1, 0.15) is 23.9 Å². The monoisotopic (exact) mass is 350 g/mol. The summed E-state index contributed by atoms with van der Waals surface area (Å²) in [6, 6.07) is 13.9. The molecular weight excluding hydrogens is 332 g/mol. The fraction of sp³-hybridized carbons (Fsp3) is 0.158. The minimum Gasteiger partial charge on any atom is -0.349 e. The highest BCUT2D eigenvalue weighted by Crippen LogP contribution is 2.24. The van der Waals surface area contributed by atoms with Gasteiger partial charge < -0.3 is 14.9 Å². The summed E-state index contributed by atoms with van der Waals surface area (Å²) in [7, 11) is 0. The quantitative estimate of drug-likeness (QED) is 0.557. The number of hydrogen-bond donors (Lipinski definition) is 2. The van der Waals surface area contributed by atoms with E-state index in [2.05, 4.69) is 31.3 Å². The fourth-order valence-electron chi connectivity index (χ4n) is 2.94. The van der Waals surface area contributed by atoms with E-state index in [4.69, 9.17) is 0 Å². The molecule has 126 valence electrons. The number of para-hydroxylation sites is 2. The van der Waals surface area contributed by atoms with Crippen molar-refractivity contribution in [2.45, 2.75) is 19.0 Å². The number of carbonyl (C=O) groups excluding carboxylic acids is 1. The molecule has 0 bridgehead atoms. The summed E-state index contributed by atoms with van der Waals surface area (Å²) in [4.78, 5) is 20.2. The smallest absolute Gasteiger partial charge is 0.222 e. The van der Waals surface area contributed by atoms with Crippen molar-refractivity contribution in [2.75, 3.05) is 0 Å². The molecule has 6 heteroatoms. The van der Waals surface area contributed by atoms with Crippen LogP contribution in [0.3, 0.4) is 0 Å². The van der Waals surface area contributed by atoms with Crippen molar-refractivity contribution in [1.82, 2.24) is 19.9 Å². The molecule has 1 aromatic carbocycles. The van der Waals surface area contributed by atoms with E-state index in [9.17, 15) is 4.79 Å². The molecule has 0 saturated heterocycles. The van der Waals surface area contributed by atoms with E-state index in [1.165, 1.54) is 0 Å². The maximum Gasteiger partial charge on any atom is 0.222 e. The number of rotatable bonds is 6. The first kappa shape index (κ1) is 15.7. The lowest BCUT2D eigenvalue weighted by Crippen LogP contribution is -2.26. The number of aromatic amines is 1. The number of nitrogens with one attached hydrogen (secondary N) is 2. The van der Waals surface area contributed by atoms with E-state index in [0.29, 0.717) is 13.0 Å². The third-order valence-corrected chi connectivity index (χ3v) is 4.89. The molecule has 1 unspecified atom stereocenters. The first-order valence-electron chi connectivity index (χ1n) is 8.14. The molecule has 1 atom stereocenters. The normalized spacial score (nSPS) is 12.3. The molecule has 3 aromatic heterocycles. The van der Waals surface area contributed by atoms with Gasteiger partial charge in [-0.05, 0) is 46.7 Å². The second-order valence-electron chi connectivity index (χ2n) is 5.88. The Kier molecular flexibility index (Phi) is 4.35. The molecule has 0 saturated carbocycles. The predicted octanol–water partition coefficient (Wildman–Crippen LogP) is 3.72. The minimum absolute atomic E-state index is 0.00496. The first-order valence-corrected chi connectivity index (χ1v) is 9.09. The zero-order chi connectivity index (χ0) is 17.1. The van der Waals surface area contributed by atoms with Gasteiger partial charge in [-0.15, -0.1) is 0 Å². The number of thiophene rings is 1. The van der Waals surface area contributed by atoms with Crippen molar-refractivity contribution >= 4 is 28.3 Å². The van der Waals surface area contributed by atoms with Gasteiger partial charge >= 0.3 is 0 Å². The Labute approximate surface area is 149 Å². The van der Waals surface area contributed by atoms with Crippen LogP contribution in [-0.4, -0.2) is 20.4 Å². The van der Waals surface area contributed by atoms with Crippen LogP contribution >= 0.6 is 11.3 Å². The molecule has 0 fully saturated rings. The number of fused-ring (bicyclic) bond motifs is 1. The zero-order valence-electron chi connectivity index (χ0n) is 13.6. The van der Waals surface area contributed by atoms with E-state index < -0.39 is 0 Å². The maximum absolute atomic E-state index is 12.5. The number of aromatic nitrogens is 3. The number of hydrogen-bond acceptors (Lipinski definition) is 3. The van der Waals surface area contributed by atoms with Gasteiger partial charge in [0.05, 0.1) is 30.0 Å². The lowest BCUT2D eigenvalue weighted by Gasteiger charge is -2.17. The van der Waals surface area contributed by atoms with Gasteiger partial charge in [0.2, 0.25) is 5.91 Å². The molecule has 1 amide bonds. The molecule has 0 radical (unpaired) electrons. The van der Waals surface area contributed by atoms with Gasteiger partial charge in [0, 0.05) is 12.4 Å². The molecule has 25 heavy (non-hydrogen) atoms. The average Bonchev–Trinajstić information content (AvgIpc) is 3.39. The molecule has 4 rings (SSSR count). The highest BCUT2D eigenvalue weighted by molar-refractivity contribution is 7.08. The Morgan fingerprint density at radius 3 is 2.80 bits per heavy atom. The van der Waals surface area contributed by atoms with Crippen molar-refractivity contribution in [1.29, 1.82) is 0 Å². The summed E-state index contributed by atoms with van der Waals surface area (Å²) in [5.41, 5.74) is 3.05. The number of nitrogens with zero attached hydrogens (tertiary/aromatic N) is 2. The highest BCUT2D eigenvalue weighted by atomic mass is 32.1. The van der Waals surface area contributed by atoms with Crippen LogP contribution in [0.25, 0.3) is 11.0 Å². The SMILES string of the molecule is O=C(CC(c1ccsc1)n1cccc1)NCc1nc2ccccc2[nH]1. The molecule has 0 aliphatic rings. The number of imidazole rings is 1. The Morgan fingerprint density at radius 1 is 1.20 bits per heavy atom. The second kappa shape index (κ2) is 6.94. The summed E-state index contributed by atoms with van der Waals surface area (Å²) >= 11 is 1.64. The van der Waals surface area contributed by atoms with E-state index >= 15 is 0 Å². The van der Waals surface area contributed by atoms with Crippen molar-refractivity contribution < 1.29 is 4.79 Å². The molecule has 0 aliphatic heterocycles. The lowest BCUT2D eigenvalue weighted by atomic mass is 10.1. The molecule has 5 nitrogen and oxygen atoms in total. The maximum atomic E-state index is 12.5. The number of benzene rings is 1. The van der Waals surface area contributed by atoms with Crippen molar-refractivity contribution in [3.63, 3.8) is 0 Å². The first-order chi connectivity index (χ1) is 12.3. The van der Waals surface area contributed by atoms with Gasteiger partial charge in [0.25, 0.3) is 0 Å². The van der Waals surface area contributed by atoms with Crippen LogP contribution in [0.2, 0.25) is 0 Å². The van der Waals surface area contributed by atoms with Crippen LogP contribution in [-0.2, 0) is 11.3 Å². The van der Waals surface area contributed by atoms with Gasteiger partial charge in [-0.1, -0.05) is 12.1 Å². The summed E-state index contributed by atoms with van der Waals surface area (Å²) in [5.74, 6) is 0.771. The van der Waals surface area contributed by atoms with Gasteiger partial charge in [-0.3, -0.25) is 4.79 Å². The molecule has 2 N–H and O–H groups in total. The summed E-state index contributed by atoms with van der Waals surface area (Å²) in [5, 5.41) is 7.11. The standard InChI is InChI=1S/C19H18N4OS/c24-19(20-12-18-21-15-5-1-2-6-16(15)22-18)11-17(14-7-10-25-13-14)23-8-3-4-9-23/h1-10,13,17H,11-12H2,(H,20,24)(H,21,22). The van der Waals surface area contributed by atoms with Gasteiger partial charge in [-0.25, -0.2) is 4.98 Å². The Hall–Kier alpha value is -2.86. The van der Waals surface area contributed by atoms with E-state index in [1.54, 1.807) is 11.3 Å². The van der Waals surface area contributed by atoms with Crippen LogP contribution in [0.4, 0.5) is 0 Å². The third-order valence-electron chi connectivity index (χ3n) is 4.19. The second-order valence-corrected chi connectivity index (χ2v) is 6.66. The topological polar surface area (TPSA) is 62.7 Å². The van der Waals surface area contributed by atoms with Crippen LogP contribution in [0.5, 0.6) is 0 Å². The molecule has 4 aromatic rings. The van der Waals surface area contributed by atoms with Crippen molar-refractivity contribution in [3.8, 4) is 0 Å². The Morgan fingerprint density at radius 2 is 2.04 bits per heavy atom. The van der Waals surface area contributed by atoms with Crippen LogP contribution in [0, 0.1) is 0 Å². The van der Waals surface area contributed by atoms with Crippen LogP contribution in [0.15, 0.2) is 65.6 Å². The van der Waals surface area contributed by atoms with Gasteiger partial charge in [0.15, 0.2) is 0 Å². The van der Waals surface area contributed by atoms with Crippen molar-refractivity contribution in [3.05, 3.63) is 77.0 Å².